The Hall–Kier alpha value is -1.91. The molecule has 0 radical (unpaired) electrons. The Morgan fingerprint density at radius 3 is 2.53 bits per heavy atom. The lowest BCUT2D eigenvalue weighted by molar-refractivity contribution is -0.124. The molecule has 0 saturated heterocycles. The number of carbonyl (C=O) groups is 1. The maximum Gasteiger partial charge on any atom is 0.257 e. The summed E-state index contributed by atoms with van der Waals surface area (Å²) in [6.07, 6.45) is -1.29. The van der Waals surface area contributed by atoms with Gasteiger partial charge in [0.05, 0.1) is 5.02 Å². The molecule has 2 aromatic carbocycles. The number of hydrogen-bond acceptors (Lipinski definition) is 2. The van der Waals surface area contributed by atoms with Gasteiger partial charge in [0, 0.05) is 5.69 Å². The summed E-state index contributed by atoms with van der Waals surface area (Å²) in [5.74, 6) is -1.17. The predicted molar refractivity (Wildman–Crippen MR) is 71.4 cm³/mol. The zero-order valence-corrected chi connectivity index (χ0v) is 10.6. The van der Waals surface area contributed by atoms with Crippen LogP contribution in [-0.4, -0.2) is 11.0 Å². The quantitative estimate of drug-likeness (QED) is 0.907. The van der Waals surface area contributed by atoms with Crippen molar-refractivity contribution in [2.75, 3.05) is 5.32 Å². The van der Waals surface area contributed by atoms with E-state index in [0.717, 1.165) is 6.07 Å². The van der Waals surface area contributed by atoms with Crippen molar-refractivity contribution >= 4 is 23.2 Å². The van der Waals surface area contributed by atoms with Gasteiger partial charge in [-0.1, -0.05) is 41.9 Å². The molecule has 0 fully saturated rings. The topological polar surface area (TPSA) is 49.3 Å². The Morgan fingerprint density at radius 1 is 1.21 bits per heavy atom. The second-order valence-corrected chi connectivity index (χ2v) is 4.34. The van der Waals surface area contributed by atoms with Crippen LogP contribution in [0.2, 0.25) is 5.02 Å². The van der Waals surface area contributed by atoms with Crippen LogP contribution in [0.5, 0.6) is 0 Å². The second-order valence-electron chi connectivity index (χ2n) is 3.93. The van der Waals surface area contributed by atoms with Crippen LogP contribution in [0.3, 0.4) is 0 Å². The second kappa shape index (κ2) is 5.82. The molecule has 0 aromatic heterocycles. The zero-order valence-electron chi connectivity index (χ0n) is 9.81. The number of aliphatic hydroxyl groups is 1. The smallest absolute Gasteiger partial charge is 0.257 e. The molecular weight excluding hydrogens is 269 g/mol. The molecule has 0 saturated carbocycles. The van der Waals surface area contributed by atoms with Crippen molar-refractivity contribution in [3.8, 4) is 0 Å². The third kappa shape index (κ3) is 3.30. The van der Waals surface area contributed by atoms with Crippen LogP contribution < -0.4 is 5.32 Å². The van der Waals surface area contributed by atoms with Gasteiger partial charge in [0.15, 0.2) is 6.10 Å². The van der Waals surface area contributed by atoms with Crippen molar-refractivity contribution in [2.45, 2.75) is 6.10 Å². The van der Waals surface area contributed by atoms with Crippen molar-refractivity contribution in [2.24, 2.45) is 0 Å². The highest BCUT2D eigenvalue weighted by Crippen LogP contribution is 2.21. The third-order valence-electron chi connectivity index (χ3n) is 2.55. The zero-order chi connectivity index (χ0) is 13.8. The lowest BCUT2D eigenvalue weighted by atomic mass is 10.1. The molecular formula is C14H11ClFNO2. The maximum atomic E-state index is 13.0. The first-order chi connectivity index (χ1) is 9.08. The number of carbonyl (C=O) groups excluding carboxylic acids is 1. The number of benzene rings is 2. The molecule has 0 aliphatic heterocycles. The van der Waals surface area contributed by atoms with Gasteiger partial charge < -0.3 is 10.4 Å². The number of aliphatic hydroxyl groups excluding tert-OH is 1. The predicted octanol–water partition coefficient (Wildman–Crippen LogP) is 3.15. The fourth-order valence-electron chi connectivity index (χ4n) is 1.57. The minimum absolute atomic E-state index is 0.0907. The fraction of sp³-hybridized carbons (Fsp3) is 0.0714. The van der Waals surface area contributed by atoms with Gasteiger partial charge in [-0.3, -0.25) is 4.79 Å². The van der Waals surface area contributed by atoms with E-state index in [-0.39, 0.29) is 5.02 Å². The van der Waals surface area contributed by atoms with Gasteiger partial charge in [0.2, 0.25) is 0 Å². The number of halogens is 2. The lowest BCUT2D eigenvalue weighted by Crippen LogP contribution is -2.20. The molecule has 2 N–H and O–H groups in total. The molecule has 0 aliphatic carbocycles. The summed E-state index contributed by atoms with van der Waals surface area (Å²) in [4.78, 5) is 11.8. The summed E-state index contributed by atoms with van der Waals surface area (Å²) in [6, 6.07) is 12.3. The van der Waals surface area contributed by atoms with Crippen molar-refractivity contribution in [1.29, 1.82) is 0 Å². The van der Waals surface area contributed by atoms with Crippen LogP contribution in [-0.2, 0) is 4.79 Å². The van der Waals surface area contributed by atoms with E-state index in [9.17, 15) is 14.3 Å². The Balaban J connectivity index is 2.10. The van der Waals surface area contributed by atoms with Gasteiger partial charge in [-0.05, 0) is 23.8 Å². The molecule has 3 nitrogen and oxygen atoms in total. The van der Waals surface area contributed by atoms with Crippen molar-refractivity contribution in [3.05, 3.63) is 64.9 Å². The number of hydrogen-bond donors (Lipinski definition) is 2. The molecule has 1 atom stereocenters. The Morgan fingerprint density at radius 2 is 1.89 bits per heavy atom. The first-order valence-electron chi connectivity index (χ1n) is 5.57. The van der Waals surface area contributed by atoms with E-state index in [1.165, 1.54) is 12.1 Å². The van der Waals surface area contributed by atoms with Gasteiger partial charge in [-0.25, -0.2) is 4.39 Å². The normalized spacial score (nSPS) is 11.9. The highest BCUT2D eigenvalue weighted by molar-refractivity contribution is 6.31. The number of rotatable bonds is 3. The summed E-state index contributed by atoms with van der Waals surface area (Å²) in [6.45, 7) is 0. The van der Waals surface area contributed by atoms with Crippen LogP contribution in [0, 0.1) is 5.82 Å². The molecule has 1 unspecified atom stereocenters. The van der Waals surface area contributed by atoms with Gasteiger partial charge in [0.25, 0.3) is 5.91 Å². The van der Waals surface area contributed by atoms with Gasteiger partial charge >= 0.3 is 0 Å². The van der Waals surface area contributed by atoms with E-state index in [0.29, 0.717) is 11.3 Å². The van der Waals surface area contributed by atoms with E-state index >= 15 is 0 Å². The monoisotopic (exact) mass is 279 g/mol. The molecule has 1 amide bonds. The number of nitrogens with one attached hydrogen (secondary N) is 1. The average molecular weight is 280 g/mol. The van der Waals surface area contributed by atoms with E-state index in [1.807, 2.05) is 0 Å². The fourth-order valence-corrected chi connectivity index (χ4v) is 1.75. The SMILES string of the molecule is O=C(Nc1ccc(F)c(Cl)c1)C(O)c1ccccc1. The Kier molecular flexibility index (Phi) is 4.14. The van der Waals surface area contributed by atoms with E-state index in [1.54, 1.807) is 30.3 Å². The molecule has 0 aliphatic rings. The summed E-state index contributed by atoms with van der Waals surface area (Å²) in [5, 5.41) is 12.2. The summed E-state index contributed by atoms with van der Waals surface area (Å²) in [5.41, 5.74) is 0.805. The highest BCUT2D eigenvalue weighted by atomic mass is 35.5. The molecule has 5 heteroatoms. The molecule has 98 valence electrons. The Bertz CT molecular complexity index is 589. The summed E-state index contributed by atoms with van der Waals surface area (Å²) >= 11 is 5.61. The van der Waals surface area contributed by atoms with Crippen LogP contribution >= 0.6 is 11.6 Å². The van der Waals surface area contributed by atoms with E-state index in [4.69, 9.17) is 11.6 Å². The molecule has 2 aromatic rings. The third-order valence-corrected chi connectivity index (χ3v) is 2.84. The molecule has 0 spiro atoms. The number of anilines is 1. The van der Waals surface area contributed by atoms with Gasteiger partial charge in [-0.2, -0.15) is 0 Å². The van der Waals surface area contributed by atoms with Crippen LogP contribution in [0.15, 0.2) is 48.5 Å². The Labute approximate surface area is 114 Å². The first-order valence-corrected chi connectivity index (χ1v) is 5.94. The number of amides is 1. The molecule has 2 rings (SSSR count). The average Bonchev–Trinajstić information content (AvgIpc) is 2.43. The molecule has 0 bridgehead atoms. The summed E-state index contributed by atoms with van der Waals surface area (Å²) < 4.78 is 13.0. The van der Waals surface area contributed by atoms with Crippen molar-refractivity contribution in [1.82, 2.24) is 0 Å². The standard InChI is InChI=1S/C14H11ClFNO2/c15-11-8-10(6-7-12(11)16)17-14(19)13(18)9-4-2-1-3-5-9/h1-8,13,18H,(H,17,19). The largest absolute Gasteiger partial charge is 0.378 e. The van der Waals surface area contributed by atoms with Crippen molar-refractivity contribution in [3.63, 3.8) is 0 Å². The minimum Gasteiger partial charge on any atom is -0.378 e. The minimum atomic E-state index is -1.29. The first kappa shape index (κ1) is 13.5. The molecule has 19 heavy (non-hydrogen) atoms. The molecule has 0 heterocycles. The maximum absolute atomic E-state index is 13.0. The van der Waals surface area contributed by atoms with E-state index in [2.05, 4.69) is 5.32 Å². The van der Waals surface area contributed by atoms with E-state index < -0.39 is 17.8 Å². The van der Waals surface area contributed by atoms with Gasteiger partial charge in [-0.15, -0.1) is 0 Å². The van der Waals surface area contributed by atoms with Crippen LogP contribution in [0.1, 0.15) is 11.7 Å². The summed E-state index contributed by atoms with van der Waals surface area (Å²) in [7, 11) is 0. The van der Waals surface area contributed by atoms with Crippen LogP contribution in [0.25, 0.3) is 0 Å². The van der Waals surface area contributed by atoms with Crippen LogP contribution in [0.4, 0.5) is 10.1 Å². The lowest BCUT2D eigenvalue weighted by Gasteiger charge is -2.11. The van der Waals surface area contributed by atoms with Crippen molar-refractivity contribution < 1.29 is 14.3 Å². The highest BCUT2D eigenvalue weighted by Gasteiger charge is 2.17. The van der Waals surface area contributed by atoms with Gasteiger partial charge in [0.1, 0.15) is 5.82 Å².